The summed E-state index contributed by atoms with van der Waals surface area (Å²) in [6, 6.07) is 12.3. The molecule has 0 radical (unpaired) electrons. The number of hydrogen-bond donors (Lipinski definition) is 3. The molecule has 162 valence electrons. The molecule has 1 atom stereocenters. The second kappa shape index (κ2) is 11.2. The van der Waals surface area contributed by atoms with Crippen molar-refractivity contribution in [2.75, 3.05) is 13.7 Å². The third-order valence-electron chi connectivity index (χ3n) is 4.57. The molecule has 30 heavy (non-hydrogen) atoms. The average Bonchev–Trinajstić information content (AvgIpc) is 3.17. The van der Waals surface area contributed by atoms with Crippen molar-refractivity contribution in [2.45, 2.75) is 33.0 Å². The molecule has 1 unspecified atom stereocenters. The van der Waals surface area contributed by atoms with Crippen molar-refractivity contribution in [1.82, 2.24) is 10.6 Å². The van der Waals surface area contributed by atoms with E-state index in [9.17, 15) is 9.50 Å². The Labute approximate surface area is 192 Å². The maximum atomic E-state index is 13.5. The molecule has 0 aliphatic heterocycles. The Bertz CT molecular complexity index is 1010. The molecule has 0 amide bonds. The van der Waals surface area contributed by atoms with Crippen LogP contribution in [0.3, 0.4) is 0 Å². The number of guanidine groups is 1. The number of nitrogens with one attached hydrogen (secondary N) is 2. The summed E-state index contributed by atoms with van der Waals surface area (Å²) in [6.07, 6.45) is 0. The molecule has 3 aromatic rings. The van der Waals surface area contributed by atoms with Gasteiger partial charge in [0.25, 0.3) is 0 Å². The van der Waals surface area contributed by atoms with Gasteiger partial charge in [0.2, 0.25) is 0 Å². The molecule has 0 saturated carbocycles. The van der Waals surface area contributed by atoms with Gasteiger partial charge in [0.05, 0.1) is 19.3 Å². The van der Waals surface area contributed by atoms with E-state index in [1.165, 1.54) is 6.07 Å². The van der Waals surface area contributed by atoms with Crippen molar-refractivity contribution < 1.29 is 18.7 Å². The molecular weight excluding hydrogens is 500 g/mol. The number of aliphatic hydroxyl groups excluding tert-OH is 1. The van der Waals surface area contributed by atoms with Crippen molar-refractivity contribution in [3.05, 3.63) is 65.2 Å². The third kappa shape index (κ3) is 5.63. The van der Waals surface area contributed by atoms with Crippen LogP contribution in [0, 0.1) is 5.82 Å². The van der Waals surface area contributed by atoms with Crippen LogP contribution in [0.4, 0.5) is 4.39 Å². The van der Waals surface area contributed by atoms with Crippen LogP contribution in [0.5, 0.6) is 5.75 Å². The first-order chi connectivity index (χ1) is 14.0. The minimum atomic E-state index is -0.413. The van der Waals surface area contributed by atoms with E-state index in [1.807, 2.05) is 38.1 Å². The molecule has 0 aliphatic carbocycles. The first kappa shape index (κ1) is 23.9. The van der Waals surface area contributed by atoms with E-state index in [-0.39, 0.29) is 42.2 Å². The Morgan fingerprint density at radius 2 is 2.07 bits per heavy atom. The Morgan fingerprint density at radius 1 is 1.27 bits per heavy atom. The molecule has 2 aromatic carbocycles. The summed E-state index contributed by atoms with van der Waals surface area (Å²) in [5.41, 5.74) is 1.84. The topological polar surface area (TPSA) is 79.0 Å². The van der Waals surface area contributed by atoms with Crippen LogP contribution in [0.1, 0.15) is 36.8 Å². The van der Waals surface area contributed by atoms with Gasteiger partial charge < -0.3 is 24.9 Å². The van der Waals surface area contributed by atoms with Crippen LogP contribution in [0.25, 0.3) is 11.0 Å². The zero-order valence-corrected chi connectivity index (χ0v) is 19.6. The van der Waals surface area contributed by atoms with Gasteiger partial charge in [-0.05, 0) is 43.7 Å². The van der Waals surface area contributed by atoms with E-state index in [0.29, 0.717) is 19.1 Å². The van der Waals surface area contributed by atoms with Gasteiger partial charge in [0.15, 0.2) is 17.3 Å². The number of halogens is 2. The van der Waals surface area contributed by atoms with Crippen LogP contribution in [-0.4, -0.2) is 24.7 Å². The molecule has 0 fully saturated rings. The van der Waals surface area contributed by atoms with E-state index in [0.717, 1.165) is 28.0 Å². The zero-order valence-electron chi connectivity index (χ0n) is 17.2. The van der Waals surface area contributed by atoms with Gasteiger partial charge in [-0.3, -0.25) is 4.99 Å². The van der Waals surface area contributed by atoms with Gasteiger partial charge in [0.1, 0.15) is 11.6 Å². The highest BCUT2D eigenvalue weighted by atomic mass is 127. The maximum Gasteiger partial charge on any atom is 0.191 e. The minimum Gasteiger partial charge on any atom is -0.490 e. The van der Waals surface area contributed by atoms with Gasteiger partial charge in [-0.2, -0.15) is 0 Å². The second-order valence-electron chi connectivity index (χ2n) is 6.63. The number of hydrogen-bond acceptors (Lipinski definition) is 4. The first-order valence-corrected chi connectivity index (χ1v) is 9.56. The minimum absolute atomic E-state index is 0. The van der Waals surface area contributed by atoms with Crippen LogP contribution >= 0.6 is 24.0 Å². The van der Waals surface area contributed by atoms with Gasteiger partial charge in [-0.15, -0.1) is 24.0 Å². The summed E-state index contributed by atoms with van der Waals surface area (Å²) < 4.78 is 25.2. The Morgan fingerprint density at radius 3 is 2.77 bits per heavy atom. The molecule has 0 spiro atoms. The van der Waals surface area contributed by atoms with Crippen molar-refractivity contribution in [3.8, 4) is 5.75 Å². The largest absolute Gasteiger partial charge is 0.490 e. The van der Waals surface area contributed by atoms with E-state index >= 15 is 0 Å². The average molecular weight is 527 g/mol. The highest BCUT2D eigenvalue weighted by Gasteiger charge is 2.15. The maximum absolute atomic E-state index is 13.5. The fourth-order valence-electron chi connectivity index (χ4n) is 3.05. The number of ether oxygens (including phenoxy) is 1. The predicted molar refractivity (Wildman–Crippen MR) is 127 cm³/mol. The van der Waals surface area contributed by atoms with Gasteiger partial charge in [0, 0.05) is 24.5 Å². The Hall–Kier alpha value is -2.33. The molecule has 3 rings (SSSR count). The van der Waals surface area contributed by atoms with Crippen LogP contribution in [0.15, 0.2) is 51.9 Å². The van der Waals surface area contributed by atoms with E-state index in [1.54, 1.807) is 19.2 Å². The smallest absolute Gasteiger partial charge is 0.191 e. The van der Waals surface area contributed by atoms with Crippen LogP contribution in [-0.2, 0) is 13.2 Å². The highest BCUT2D eigenvalue weighted by molar-refractivity contribution is 14.0. The zero-order chi connectivity index (χ0) is 20.8. The number of aliphatic hydroxyl groups is 1. The SMILES string of the molecule is CCOc1cccc2cc(C(C)NC(=NC)NCc3ccc(F)c(CO)c3)oc12.I. The lowest BCUT2D eigenvalue weighted by atomic mass is 10.1. The summed E-state index contributed by atoms with van der Waals surface area (Å²) >= 11 is 0. The molecule has 0 bridgehead atoms. The fraction of sp³-hybridized carbons (Fsp3) is 0.318. The lowest BCUT2D eigenvalue weighted by Crippen LogP contribution is -2.38. The first-order valence-electron chi connectivity index (χ1n) is 9.56. The summed E-state index contributed by atoms with van der Waals surface area (Å²) in [6.45, 7) is 4.59. The van der Waals surface area contributed by atoms with Crippen molar-refractivity contribution >= 4 is 40.9 Å². The van der Waals surface area contributed by atoms with Gasteiger partial charge >= 0.3 is 0 Å². The number of fused-ring (bicyclic) bond motifs is 1. The summed E-state index contributed by atoms with van der Waals surface area (Å²) in [5.74, 6) is 1.66. The number of para-hydroxylation sites is 1. The lowest BCUT2D eigenvalue weighted by Gasteiger charge is -2.16. The molecule has 8 heteroatoms. The molecule has 0 aliphatic rings. The molecule has 1 aromatic heterocycles. The number of aliphatic imine (C=N–C) groups is 1. The van der Waals surface area contributed by atoms with E-state index in [4.69, 9.17) is 9.15 Å². The molecule has 6 nitrogen and oxygen atoms in total. The predicted octanol–water partition coefficient (Wildman–Crippen LogP) is 4.51. The quantitative estimate of drug-likeness (QED) is 0.240. The molecule has 3 N–H and O–H groups in total. The van der Waals surface area contributed by atoms with E-state index < -0.39 is 5.82 Å². The highest BCUT2D eigenvalue weighted by Crippen LogP contribution is 2.31. The number of benzene rings is 2. The Kier molecular flexibility index (Phi) is 8.91. The molecular formula is C22H27FIN3O3. The van der Waals surface area contributed by atoms with Crippen molar-refractivity contribution in [2.24, 2.45) is 4.99 Å². The lowest BCUT2D eigenvalue weighted by molar-refractivity contribution is 0.275. The number of nitrogens with zero attached hydrogens (tertiary/aromatic N) is 1. The summed E-state index contributed by atoms with van der Waals surface area (Å²) in [5, 5.41) is 16.7. The number of furan rings is 1. The fourth-order valence-corrected chi connectivity index (χ4v) is 3.05. The van der Waals surface area contributed by atoms with E-state index in [2.05, 4.69) is 15.6 Å². The molecule has 1 heterocycles. The van der Waals surface area contributed by atoms with Crippen molar-refractivity contribution in [3.63, 3.8) is 0 Å². The summed E-state index contributed by atoms with van der Waals surface area (Å²) in [4.78, 5) is 4.23. The van der Waals surface area contributed by atoms with Crippen molar-refractivity contribution in [1.29, 1.82) is 0 Å². The van der Waals surface area contributed by atoms with Crippen LogP contribution in [0.2, 0.25) is 0 Å². The molecule has 0 saturated heterocycles. The van der Waals surface area contributed by atoms with Crippen LogP contribution < -0.4 is 15.4 Å². The standard InChI is InChI=1S/C22H26FN3O3.HI/c1-4-28-19-7-5-6-16-11-20(29-21(16)19)14(2)26-22(24-3)25-12-15-8-9-18(23)17(10-15)13-27;/h5-11,14,27H,4,12-13H2,1-3H3,(H2,24,25,26);1H. The third-order valence-corrected chi connectivity index (χ3v) is 4.57. The summed E-state index contributed by atoms with van der Waals surface area (Å²) in [7, 11) is 1.68. The van der Waals surface area contributed by atoms with Gasteiger partial charge in [-0.1, -0.05) is 18.2 Å². The Balaban J connectivity index is 0.00000320. The normalized spacial score (nSPS) is 12.4. The van der Waals surface area contributed by atoms with Gasteiger partial charge in [-0.25, -0.2) is 4.39 Å². The number of rotatable bonds is 7. The monoisotopic (exact) mass is 527 g/mol. The second-order valence-corrected chi connectivity index (χ2v) is 6.63.